The number of primary amides is 1. The van der Waals surface area contributed by atoms with Crippen LogP contribution in [0, 0.1) is 0 Å². The van der Waals surface area contributed by atoms with E-state index in [2.05, 4.69) is 53.1 Å². The molecule has 7 N–H and O–H groups in total. The predicted octanol–water partition coefficient (Wildman–Crippen LogP) is -0.138. The number of aliphatic hydroxyl groups is 4. The quantitative estimate of drug-likeness (QED) is 0.227. The summed E-state index contributed by atoms with van der Waals surface area (Å²) in [5.74, 6) is -2.22. The van der Waals surface area contributed by atoms with Crippen molar-refractivity contribution in [1.29, 1.82) is 0 Å². The van der Waals surface area contributed by atoms with E-state index in [9.17, 15) is 29.7 Å². The van der Waals surface area contributed by atoms with Gasteiger partial charge in [-0.1, -0.05) is 0 Å². The maximum absolute atomic E-state index is 12.9. The van der Waals surface area contributed by atoms with Crippen LogP contribution >= 0.6 is 47.8 Å². The molecule has 1 aromatic rings. The third-order valence-corrected chi connectivity index (χ3v) is 6.24. The Balaban J connectivity index is 3.72. The number of aliphatic hydroxyl groups excluding tert-OH is 4. The van der Waals surface area contributed by atoms with Gasteiger partial charge in [0.05, 0.1) is 57.7 Å². The first-order valence-corrected chi connectivity index (χ1v) is 10.5. The fourth-order valence-electron chi connectivity index (χ4n) is 2.46. The highest BCUT2D eigenvalue weighted by Crippen LogP contribution is 2.44. The summed E-state index contributed by atoms with van der Waals surface area (Å²) in [7, 11) is 0. The maximum atomic E-state index is 12.9. The summed E-state index contributed by atoms with van der Waals surface area (Å²) in [6.45, 7) is -0.660. The molecule has 162 valence electrons. The molecule has 0 fully saturated rings. The van der Waals surface area contributed by atoms with Gasteiger partial charge in [-0.25, -0.2) is 0 Å². The molecule has 0 aliphatic rings. The van der Waals surface area contributed by atoms with E-state index in [4.69, 9.17) is 10.8 Å². The van der Waals surface area contributed by atoms with Crippen LogP contribution in [0.15, 0.2) is 13.4 Å². The molecule has 2 unspecified atom stereocenters. The van der Waals surface area contributed by atoms with Crippen LogP contribution in [-0.2, 0) is 4.79 Å². The second kappa shape index (κ2) is 11.3. The molecule has 0 saturated heterocycles. The first kappa shape index (κ1) is 25.9. The number of benzene rings is 1. The zero-order valence-electron chi connectivity index (χ0n) is 15.2. The van der Waals surface area contributed by atoms with Crippen molar-refractivity contribution in [2.75, 3.05) is 31.3 Å². The summed E-state index contributed by atoms with van der Waals surface area (Å²) < 4.78 is 0.184. The highest BCUT2D eigenvalue weighted by atomic mass is 79.9. The maximum Gasteiger partial charge on any atom is 0.254 e. The molecule has 0 saturated carbocycles. The average molecular weight is 606 g/mol. The first-order chi connectivity index (χ1) is 13.5. The standard InChI is InChI=1S/C16H20Br3N3O7/c1-6(26)22(2-3-23)14-12(18)9(15(20)28)11(17)10(13(14)19)16(29)21-7(4-24)8(27)5-25/h7-8,23-25,27H,2-5H2,1H3,(H2,20,28)(H,21,29). The van der Waals surface area contributed by atoms with Gasteiger partial charge >= 0.3 is 0 Å². The second-order valence-corrected chi connectivity index (χ2v) is 8.19. The third kappa shape index (κ3) is 5.75. The van der Waals surface area contributed by atoms with Crippen molar-refractivity contribution in [2.45, 2.75) is 19.1 Å². The molecular formula is C16H20Br3N3O7. The smallest absolute Gasteiger partial charge is 0.254 e. The Hall–Kier alpha value is -1.09. The van der Waals surface area contributed by atoms with Gasteiger partial charge in [-0.2, -0.15) is 0 Å². The highest BCUT2D eigenvalue weighted by Gasteiger charge is 2.32. The molecule has 2 atom stereocenters. The summed E-state index contributed by atoms with van der Waals surface area (Å²) in [4.78, 5) is 38.1. The van der Waals surface area contributed by atoms with E-state index >= 15 is 0 Å². The molecule has 29 heavy (non-hydrogen) atoms. The molecule has 0 spiro atoms. The van der Waals surface area contributed by atoms with Crippen LogP contribution in [-0.4, -0.2) is 76.7 Å². The van der Waals surface area contributed by atoms with Crippen molar-refractivity contribution >= 4 is 71.2 Å². The van der Waals surface area contributed by atoms with Crippen molar-refractivity contribution in [2.24, 2.45) is 5.73 Å². The Morgan fingerprint density at radius 3 is 2.00 bits per heavy atom. The van der Waals surface area contributed by atoms with E-state index in [-0.39, 0.29) is 36.8 Å². The molecule has 13 heteroatoms. The third-order valence-electron chi connectivity index (χ3n) is 3.91. The fraction of sp³-hybridized carbons (Fsp3) is 0.438. The van der Waals surface area contributed by atoms with Crippen LogP contribution in [0.5, 0.6) is 0 Å². The monoisotopic (exact) mass is 603 g/mol. The summed E-state index contributed by atoms with van der Waals surface area (Å²) in [5, 5.41) is 39.8. The number of carbonyl (C=O) groups excluding carboxylic acids is 3. The molecule has 1 aromatic carbocycles. The number of nitrogens with two attached hydrogens (primary N) is 1. The van der Waals surface area contributed by atoms with Crippen LogP contribution in [0.2, 0.25) is 0 Å². The molecule has 0 heterocycles. The Kier molecular flexibility index (Phi) is 10.1. The van der Waals surface area contributed by atoms with E-state index in [1.54, 1.807) is 0 Å². The molecule has 0 aromatic heterocycles. The van der Waals surface area contributed by atoms with Crippen molar-refractivity contribution in [3.05, 3.63) is 24.5 Å². The van der Waals surface area contributed by atoms with Crippen molar-refractivity contribution in [3.8, 4) is 0 Å². The molecule has 0 radical (unpaired) electrons. The topological polar surface area (TPSA) is 173 Å². The zero-order valence-corrected chi connectivity index (χ0v) is 19.9. The van der Waals surface area contributed by atoms with Crippen molar-refractivity contribution < 1.29 is 34.8 Å². The van der Waals surface area contributed by atoms with E-state index in [0.717, 1.165) is 4.90 Å². The Bertz CT molecular complexity index is 807. The van der Waals surface area contributed by atoms with Gasteiger partial charge in [0.15, 0.2) is 0 Å². The van der Waals surface area contributed by atoms with Gasteiger partial charge in [0.25, 0.3) is 11.8 Å². The van der Waals surface area contributed by atoms with Crippen LogP contribution in [0.3, 0.4) is 0 Å². The molecule has 0 aliphatic carbocycles. The van der Waals surface area contributed by atoms with Crippen LogP contribution in [0.4, 0.5) is 5.69 Å². The molecular weight excluding hydrogens is 586 g/mol. The van der Waals surface area contributed by atoms with Gasteiger partial charge in [-0.15, -0.1) is 0 Å². The lowest BCUT2D eigenvalue weighted by Crippen LogP contribution is -2.47. The number of nitrogens with one attached hydrogen (secondary N) is 1. The number of halogens is 3. The Labute approximate surface area is 191 Å². The number of carbonyl (C=O) groups is 3. The second-order valence-electron chi connectivity index (χ2n) is 5.81. The molecule has 3 amide bonds. The largest absolute Gasteiger partial charge is 0.395 e. The highest BCUT2D eigenvalue weighted by molar-refractivity contribution is 9.11. The van der Waals surface area contributed by atoms with Crippen LogP contribution in [0.1, 0.15) is 27.6 Å². The molecule has 0 aliphatic heterocycles. The lowest BCUT2D eigenvalue weighted by molar-refractivity contribution is -0.116. The van der Waals surface area contributed by atoms with Crippen molar-refractivity contribution in [1.82, 2.24) is 5.32 Å². The fourth-order valence-corrected chi connectivity index (χ4v) is 5.63. The van der Waals surface area contributed by atoms with Gasteiger partial charge in [0.1, 0.15) is 0 Å². The number of anilines is 1. The predicted molar refractivity (Wildman–Crippen MR) is 115 cm³/mol. The minimum absolute atomic E-state index is 0.00678. The van der Waals surface area contributed by atoms with Gasteiger partial charge in [-0.05, 0) is 47.8 Å². The van der Waals surface area contributed by atoms with E-state index < -0.39 is 49.7 Å². The number of rotatable bonds is 9. The van der Waals surface area contributed by atoms with E-state index in [1.807, 2.05) is 0 Å². The SMILES string of the molecule is CC(=O)N(CCO)c1c(Br)c(C(N)=O)c(Br)c(C(=O)NC(CO)C(O)CO)c1Br. The number of hydrogen-bond acceptors (Lipinski definition) is 7. The van der Waals surface area contributed by atoms with Gasteiger partial charge < -0.3 is 36.4 Å². The zero-order chi connectivity index (χ0) is 22.5. The Morgan fingerprint density at radius 1 is 1.03 bits per heavy atom. The average Bonchev–Trinajstić information content (AvgIpc) is 2.64. The van der Waals surface area contributed by atoms with Crippen LogP contribution in [0.25, 0.3) is 0 Å². The molecule has 10 nitrogen and oxygen atoms in total. The normalized spacial score (nSPS) is 13.0. The lowest BCUT2D eigenvalue weighted by Gasteiger charge is -2.27. The minimum atomic E-state index is -1.44. The summed E-state index contributed by atoms with van der Waals surface area (Å²) >= 11 is 9.63. The van der Waals surface area contributed by atoms with Gasteiger partial charge in [0, 0.05) is 17.9 Å². The number of amides is 3. The molecule has 0 bridgehead atoms. The lowest BCUT2D eigenvalue weighted by atomic mass is 10.1. The van der Waals surface area contributed by atoms with Crippen molar-refractivity contribution in [3.63, 3.8) is 0 Å². The van der Waals surface area contributed by atoms with Gasteiger partial charge in [0.2, 0.25) is 5.91 Å². The summed E-state index contributed by atoms with van der Waals surface area (Å²) in [6, 6.07) is -1.20. The minimum Gasteiger partial charge on any atom is -0.395 e. The number of nitrogens with zero attached hydrogens (tertiary/aromatic N) is 1. The van der Waals surface area contributed by atoms with E-state index in [1.165, 1.54) is 6.92 Å². The summed E-state index contributed by atoms with van der Waals surface area (Å²) in [5.41, 5.74) is 5.23. The van der Waals surface area contributed by atoms with Crippen LogP contribution < -0.4 is 16.0 Å². The summed E-state index contributed by atoms with van der Waals surface area (Å²) in [6.07, 6.45) is -1.44. The van der Waals surface area contributed by atoms with Gasteiger partial charge in [-0.3, -0.25) is 14.4 Å². The Morgan fingerprint density at radius 2 is 1.59 bits per heavy atom. The van der Waals surface area contributed by atoms with E-state index in [0.29, 0.717) is 0 Å². The number of hydrogen-bond donors (Lipinski definition) is 6. The first-order valence-electron chi connectivity index (χ1n) is 8.13. The molecule has 1 rings (SSSR count).